The van der Waals surface area contributed by atoms with Crippen molar-refractivity contribution in [3.8, 4) is 0 Å². The predicted octanol–water partition coefficient (Wildman–Crippen LogP) is 6.08. The van der Waals surface area contributed by atoms with Crippen molar-refractivity contribution in [1.29, 1.82) is 0 Å². The predicted molar refractivity (Wildman–Crippen MR) is 102 cm³/mol. The van der Waals surface area contributed by atoms with E-state index in [-0.39, 0.29) is 5.91 Å². The first-order valence-electron chi connectivity index (χ1n) is 7.10. The molecule has 0 radical (unpaired) electrons. The van der Waals surface area contributed by atoms with E-state index in [1.54, 1.807) is 12.1 Å². The molecule has 0 saturated heterocycles. The van der Waals surface area contributed by atoms with Gasteiger partial charge in [0.05, 0.1) is 15.8 Å². The summed E-state index contributed by atoms with van der Waals surface area (Å²) in [6.45, 7) is 2.09. The van der Waals surface area contributed by atoms with Gasteiger partial charge in [0, 0.05) is 22.0 Å². The molecule has 122 valence electrons. The number of aryl methyl sites for hydroxylation is 1. The number of rotatable bonds is 6. The van der Waals surface area contributed by atoms with E-state index in [0.717, 1.165) is 17.7 Å². The van der Waals surface area contributed by atoms with E-state index in [4.69, 9.17) is 34.8 Å². The van der Waals surface area contributed by atoms with Gasteiger partial charge in [-0.3, -0.25) is 4.79 Å². The Balaban J connectivity index is 1.86. The quantitative estimate of drug-likeness (QED) is 0.607. The van der Waals surface area contributed by atoms with Gasteiger partial charge in [-0.25, -0.2) is 0 Å². The van der Waals surface area contributed by atoms with E-state index in [1.165, 1.54) is 17.3 Å². The minimum atomic E-state index is -0.0616. The van der Waals surface area contributed by atoms with E-state index in [2.05, 4.69) is 12.2 Å². The summed E-state index contributed by atoms with van der Waals surface area (Å²) in [4.78, 5) is 12.0. The number of amides is 1. The van der Waals surface area contributed by atoms with Crippen molar-refractivity contribution in [2.45, 2.75) is 19.1 Å². The third-order valence-electron chi connectivity index (χ3n) is 3.26. The molecule has 23 heavy (non-hydrogen) atoms. The van der Waals surface area contributed by atoms with Crippen LogP contribution in [0.1, 0.15) is 18.1 Å². The van der Waals surface area contributed by atoms with Crippen molar-refractivity contribution in [3.63, 3.8) is 0 Å². The minimum Gasteiger partial charge on any atom is -0.325 e. The molecule has 0 aliphatic heterocycles. The number of hydrogen-bond donors (Lipinski definition) is 1. The Morgan fingerprint density at radius 1 is 1.04 bits per heavy atom. The van der Waals surface area contributed by atoms with Crippen LogP contribution in [0.25, 0.3) is 0 Å². The summed E-state index contributed by atoms with van der Waals surface area (Å²) in [6, 6.07) is 11.2. The number of anilines is 1. The fraction of sp³-hybridized carbons (Fsp3) is 0.235. The maximum absolute atomic E-state index is 12.0. The normalized spacial score (nSPS) is 10.6. The highest BCUT2D eigenvalue weighted by molar-refractivity contribution is 7.99. The highest BCUT2D eigenvalue weighted by Gasteiger charge is 2.11. The fourth-order valence-corrected chi connectivity index (χ4v) is 3.67. The molecule has 0 atom stereocenters. The summed E-state index contributed by atoms with van der Waals surface area (Å²) in [7, 11) is 0. The standard InChI is InChI=1S/C17H16Cl3NOS/c1-2-11-3-5-12(6-4-11)21-16(22)10-23-9-13-14(18)7-8-15(19)17(13)20/h3-8H,2,9-10H2,1H3,(H,21,22). The van der Waals surface area contributed by atoms with Gasteiger partial charge >= 0.3 is 0 Å². The molecule has 2 rings (SSSR count). The number of thioether (sulfide) groups is 1. The SMILES string of the molecule is CCc1ccc(NC(=O)CSCc2c(Cl)ccc(Cl)c2Cl)cc1. The zero-order chi connectivity index (χ0) is 16.8. The molecule has 0 bridgehead atoms. The summed E-state index contributed by atoms with van der Waals surface area (Å²) in [5, 5.41) is 4.34. The highest BCUT2D eigenvalue weighted by atomic mass is 35.5. The van der Waals surface area contributed by atoms with Crippen molar-refractivity contribution >= 4 is 58.2 Å². The zero-order valence-corrected chi connectivity index (χ0v) is 15.6. The lowest BCUT2D eigenvalue weighted by Gasteiger charge is -2.09. The van der Waals surface area contributed by atoms with Crippen LogP contribution in [-0.4, -0.2) is 11.7 Å². The van der Waals surface area contributed by atoms with Crippen LogP contribution in [0.2, 0.25) is 15.1 Å². The van der Waals surface area contributed by atoms with Crippen LogP contribution >= 0.6 is 46.6 Å². The zero-order valence-electron chi connectivity index (χ0n) is 12.5. The third-order valence-corrected chi connectivity index (χ3v) is 5.42. The van der Waals surface area contributed by atoms with Crippen LogP contribution in [0.4, 0.5) is 5.69 Å². The summed E-state index contributed by atoms with van der Waals surface area (Å²) in [6.07, 6.45) is 0.977. The second kappa shape index (κ2) is 8.84. The van der Waals surface area contributed by atoms with Crippen LogP contribution in [0.5, 0.6) is 0 Å². The van der Waals surface area contributed by atoms with Gasteiger partial charge in [-0.15, -0.1) is 11.8 Å². The third kappa shape index (κ3) is 5.32. The molecule has 0 aromatic heterocycles. The van der Waals surface area contributed by atoms with Crippen LogP contribution in [0.3, 0.4) is 0 Å². The Labute approximate surface area is 155 Å². The van der Waals surface area contributed by atoms with Crippen LogP contribution < -0.4 is 5.32 Å². The van der Waals surface area contributed by atoms with E-state index < -0.39 is 0 Å². The molecule has 0 saturated carbocycles. The van der Waals surface area contributed by atoms with Crippen LogP contribution in [-0.2, 0) is 17.0 Å². The van der Waals surface area contributed by atoms with Crippen molar-refractivity contribution in [2.75, 3.05) is 11.1 Å². The van der Waals surface area contributed by atoms with Gasteiger partial charge in [0.2, 0.25) is 5.91 Å². The number of benzene rings is 2. The van der Waals surface area contributed by atoms with Gasteiger partial charge < -0.3 is 5.32 Å². The lowest BCUT2D eigenvalue weighted by atomic mass is 10.1. The van der Waals surface area contributed by atoms with Gasteiger partial charge in [0.15, 0.2) is 0 Å². The van der Waals surface area contributed by atoms with Crippen LogP contribution in [0, 0.1) is 0 Å². The monoisotopic (exact) mass is 387 g/mol. The molecule has 0 heterocycles. The molecule has 2 aromatic rings. The molecule has 2 aromatic carbocycles. The molecule has 2 nitrogen and oxygen atoms in total. The first-order valence-corrected chi connectivity index (χ1v) is 9.39. The lowest BCUT2D eigenvalue weighted by molar-refractivity contribution is -0.113. The van der Waals surface area contributed by atoms with Gasteiger partial charge in [0.1, 0.15) is 0 Å². The molecular formula is C17H16Cl3NOS. The molecule has 0 aliphatic rings. The largest absolute Gasteiger partial charge is 0.325 e. The van der Waals surface area contributed by atoms with E-state index in [1.807, 2.05) is 24.3 Å². The Morgan fingerprint density at radius 2 is 1.70 bits per heavy atom. The summed E-state index contributed by atoms with van der Waals surface area (Å²) >= 11 is 19.7. The molecule has 0 aliphatic carbocycles. The van der Waals surface area contributed by atoms with Crippen molar-refractivity contribution < 1.29 is 4.79 Å². The van der Waals surface area contributed by atoms with E-state index >= 15 is 0 Å². The van der Waals surface area contributed by atoms with Crippen LogP contribution in [0.15, 0.2) is 36.4 Å². The number of hydrogen-bond acceptors (Lipinski definition) is 2. The second-order valence-electron chi connectivity index (χ2n) is 4.91. The molecule has 0 spiro atoms. The van der Waals surface area contributed by atoms with Crippen molar-refractivity contribution in [3.05, 3.63) is 62.6 Å². The minimum absolute atomic E-state index is 0.0616. The topological polar surface area (TPSA) is 29.1 Å². The molecule has 6 heteroatoms. The van der Waals surface area contributed by atoms with Gasteiger partial charge in [-0.1, -0.05) is 53.9 Å². The first kappa shape index (κ1) is 18.5. The maximum Gasteiger partial charge on any atom is 0.234 e. The average molecular weight is 389 g/mol. The Bertz CT molecular complexity index is 689. The number of carbonyl (C=O) groups excluding carboxylic acids is 1. The summed E-state index contributed by atoms with van der Waals surface area (Å²) in [5.41, 5.74) is 2.79. The maximum atomic E-state index is 12.0. The molecule has 0 fully saturated rings. The summed E-state index contributed by atoms with van der Waals surface area (Å²) in [5.74, 6) is 0.781. The number of halogens is 3. The van der Waals surface area contributed by atoms with Gasteiger partial charge in [0.25, 0.3) is 0 Å². The smallest absolute Gasteiger partial charge is 0.234 e. The summed E-state index contributed by atoms with van der Waals surface area (Å²) < 4.78 is 0. The fourth-order valence-electron chi connectivity index (χ4n) is 1.97. The molecule has 1 amide bonds. The lowest BCUT2D eigenvalue weighted by Crippen LogP contribution is -2.14. The van der Waals surface area contributed by atoms with Crippen molar-refractivity contribution in [2.24, 2.45) is 0 Å². The first-order chi connectivity index (χ1) is 11.0. The van der Waals surface area contributed by atoms with Gasteiger partial charge in [-0.2, -0.15) is 0 Å². The molecule has 1 N–H and O–H groups in total. The second-order valence-corrected chi connectivity index (χ2v) is 7.09. The highest BCUT2D eigenvalue weighted by Crippen LogP contribution is 2.33. The Morgan fingerprint density at radius 3 is 2.35 bits per heavy atom. The Hall–Kier alpha value is -0.870. The number of nitrogens with one attached hydrogen (secondary N) is 1. The average Bonchev–Trinajstić information content (AvgIpc) is 2.55. The van der Waals surface area contributed by atoms with E-state index in [9.17, 15) is 4.79 Å². The van der Waals surface area contributed by atoms with Gasteiger partial charge in [-0.05, 0) is 36.2 Å². The van der Waals surface area contributed by atoms with Crippen molar-refractivity contribution in [1.82, 2.24) is 0 Å². The number of carbonyl (C=O) groups is 1. The Kier molecular flexibility index (Phi) is 7.09. The van der Waals surface area contributed by atoms with E-state index in [0.29, 0.717) is 26.6 Å². The molecular weight excluding hydrogens is 373 g/mol. The molecule has 0 unspecified atom stereocenters.